The third kappa shape index (κ3) is 7.35. The van der Waals surface area contributed by atoms with E-state index in [1.807, 2.05) is 72.8 Å². The first-order valence-corrected chi connectivity index (χ1v) is 11.2. The van der Waals surface area contributed by atoms with Gasteiger partial charge in [0.05, 0.1) is 26.2 Å². The molecule has 0 unspecified atom stereocenters. The standard InChI is InChI=1S/C25H26N2O4S/c1-29-22-11-8-20(9-12-22)17-32-18-25(28)27-26-15-21-10-13-23(24(14-21)30-2)31-16-19-6-4-3-5-7-19/h3-15H,16-18H2,1-2H3,(H,27,28)/b26-15+. The van der Waals surface area contributed by atoms with E-state index in [0.717, 1.165) is 28.2 Å². The molecule has 0 aliphatic rings. The van der Waals surface area contributed by atoms with Crippen LogP contribution in [0.3, 0.4) is 0 Å². The first-order chi connectivity index (χ1) is 15.7. The summed E-state index contributed by atoms with van der Waals surface area (Å²) in [5.74, 6) is 2.97. The molecule has 1 N–H and O–H groups in total. The summed E-state index contributed by atoms with van der Waals surface area (Å²) in [6.07, 6.45) is 1.58. The Morgan fingerprint density at radius 2 is 1.72 bits per heavy atom. The van der Waals surface area contributed by atoms with Crippen molar-refractivity contribution in [1.29, 1.82) is 0 Å². The number of nitrogens with zero attached hydrogens (tertiary/aromatic N) is 1. The van der Waals surface area contributed by atoms with Gasteiger partial charge in [-0.15, -0.1) is 11.8 Å². The third-order valence-electron chi connectivity index (χ3n) is 4.49. The Morgan fingerprint density at radius 3 is 2.44 bits per heavy atom. The molecule has 0 saturated carbocycles. The molecule has 3 aromatic rings. The average Bonchev–Trinajstić information content (AvgIpc) is 2.84. The molecule has 166 valence electrons. The average molecular weight is 451 g/mol. The van der Waals surface area contributed by atoms with Gasteiger partial charge in [0, 0.05) is 5.75 Å². The third-order valence-corrected chi connectivity index (χ3v) is 5.49. The summed E-state index contributed by atoms with van der Waals surface area (Å²) in [5, 5.41) is 4.04. The van der Waals surface area contributed by atoms with Gasteiger partial charge in [-0.25, -0.2) is 5.43 Å². The predicted octanol–water partition coefficient (Wildman–Crippen LogP) is 4.67. The zero-order valence-corrected chi connectivity index (χ0v) is 18.9. The number of thioether (sulfide) groups is 1. The Labute approximate surface area is 192 Å². The van der Waals surface area contributed by atoms with Crippen LogP contribution in [0.25, 0.3) is 0 Å². The SMILES string of the molecule is COc1ccc(CSCC(=O)N/N=C/c2ccc(OCc3ccccc3)c(OC)c2)cc1. The van der Waals surface area contributed by atoms with E-state index in [2.05, 4.69) is 10.5 Å². The maximum absolute atomic E-state index is 12.0. The first kappa shape index (κ1) is 23.2. The van der Waals surface area contributed by atoms with Crippen molar-refractivity contribution >= 4 is 23.9 Å². The number of methoxy groups -OCH3 is 2. The van der Waals surface area contributed by atoms with Crippen LogP contribution in [0.15, 0.2) is 77.9 Å². The predicted molar refractivity (Wildman–Crippen MR) is 129 cm³/mol. The molecule has 0 radical (unpaired) electrons. The van der Waals surface area contributed by atoms with Gasteiger partial charge >= 0.3 is 0 Å². The molecule has 0 aromatic heterocycles. The summed E-state index contributed by atoms with van der Waals surface area (Å²) in [7, 11) is 3.23. The van der Waals surface area contributed by atoms with Gasteiger partial charge in [-0.3, -0.25) is 4.79 Å². The van der Waals surface area contributed by atoms with Crippen molar-refractivity contribution < 1.29 is 19.0 Å². The maximum Gasteiger partial charge on any atom is 0.250 e. The van der Waals surface area contributed by atoms with Crippen LogP contribution in [-0.4, -0.2) is 32.1 Å². The number of rotatable bonds is 11. The number of carbonyl (C=O) groups excluding carboxylic acids is 1. The number of hydrazone groups is 1. The van der Waals surface area contributed by atoms with E-state index in [4.69, 9.17) is 14.2 Å². The van der Waals surface area contributed by atoms with E-state index in [1.165, 1.54) is 11.8 Å². The fourth-order valence-electron chi connectivity index (χ4n) is 2.81. The van der Waals surface area contributed by atoms with Crippen molar-refractivity contribution in [2.45, 2.75) is 12.4 Å². The molecule has 32 heavy (non-hydrogen) atoms. The van der Waals surface area contributed by atoms with Crippen LogP contribution in [0.1, 0.15) is 16.7 Å². The molecule has 0 aliphatic heterocycles. The Morgan fingerprint density at radius 1 is 0.938 bits per heavy atom. The van der Waals surface area contributed by atoms with Gasteiger partial charge in [0.1, 0.15) is 12.4 Å². The van der Waals surface area contributed by atoms with Gasteiger partial charge in [0.25, 0.3) is 0 Å². The second kappa shape index (κ2) is 12.4. The molecule has 3 aromatic carbocycles. The van der Waals surface area contributed by atoms with Crippen molar-refractivity contribution in [3.63, 3.8) is 0 Å². The van der Waals surface area contributed by atoms with E-state index < -0.39 is 0 Å². The molecule has 6 nitrogen and oxygen atoms in total. The molecule has 0 heterocycles. The van der Waals surface area contributed by atoms with E-state index in [9.17, 15) is 4.79 Å². The molecule has 0 spiro atoms. The van der Waals surface area contributed by atoms with Crippen LogP contribution in [0.4, 0.5) is 0 Å². The second-order valence-electron chi connectivity index (χ2n) is 6.82. The van der Waals surface area contributed by atoms with Gasteiger partial charge < -0.3 is 14.2 Å². The highest BCUT2D eigenvalue weighted by atomic mass is 32.2. The van der Waals surface area contributed by atoms with Crippen LogP contribution >= 0.6 is 11.8 Å². The molecule has 0 saturated heterocycles. The number of hydrogen-bond acceptors (Lipinski definition) is 6. The Hall–Kier alpha value is -3.45. The molecule has 0 aliphatic carbocycles. The monoisotopic (exact) mass is 450 g/mol. The fourth-order valence-corrected chi connectivity index (χ4v) is 3.59. The highest BCUT2D eigenvalue weighted by Gasteiger charge is 2.06. The summed E-state index contributed by atoms with van der Waals surface area (Å²) in [4.78, 5) is 12.0. The quantitative estimate of drug-likeness (QED) is 0.340. The lowest BCUT2D eigenvalue weighted by Gasteiger charge is -2.11. The molecule has 3 rings (SSSR count). The lowest BCUT2D eigenvalue weighted by atomic mass is 10.2. The number of hydrogen-bond donors (Lipinski definition) is 1. The molecule has 0 atom stereocenters. The number of nitrogens with one attached hydrogen (secondary N) is 1. The van der Waals surface area contributed by atoms with E-state index in [0.29, 0.717) is 23.9 Å². The fraction of sp³-hybridized carbons (Fsp3) is 0.200. The van der Waals surface area contributed by atoms with Crippen molar-refractivity contribution in [2.75, 3.05) is 20.0 Å². The van der Waals surface area contributed by atoms with Crippen molar-refractivity contribution in [2.24, 2.45) is 5.10 Å². The summed E-state index contributed by atoms with van der Waals surface area (Å²) in [6, 6.07) is 23.2. The topological polar surface area (TPSA) is 69.2 Å². The minimum atomic E-state index is -0.158. The van der Waals surface area contributed by atoms with Crippen LogP contribution in [-0.2, 0) is 17.2 Å². The number of amides is 1. The molecule has 0 fully saturated rings. The van der Waals surface area contributed by atoms with Crippen molar-refractivity contribution in [3.05, 3.63) is 89.5 Å². The minimum absolute atomic E-state index is 0.158. The Bertz CT molecular complexity index is 1020. The number of carbonyl (C=O) groups is 1. The minimum Gasteiger partial charge on any atom is -0.497 e. The van der Waals surface area contributed by atoms with Gasteiger partial charge in [-0.2, -0.15) is 5.10 Å². The summed E-state index contributed by atoms with van der Waals surface area (Å²) < 4.78 is 16.4. The van der Waals surface area contributed by atoms with Gasteiger partial charge in [0.2, 0.25) is 5.91 Å². The van der Waals surface area contributed by atoms with Crippen molar-refractivity contribution in [3.8, 4) is 17.2 Å². The Kier molecular flexibility index (Phi) is 9.01. The van der Waals surface area contributed by atoms with Crippen LogP contribution in [0.2, 0.25) is 0 Å². The van der Waals surface area contributed by atoms with Crippen LogP contribution < -0.4 is 19.6 Å². The van der Waals surface area contributed by atoms with E-state index >= 15 is 0 Å². The molecule has 0 bridgehead atoms. The largest absolute Gasteiger partial charge is 0.497 e. The van der Waals surface area contributed by atoms with Gasteiger partial charge in [-0.05, 0) is 47.0 Å². The van der Waals surface area contributed by atoms with E-state index in [-0.39, 0.29) is 5.91 Å². The van der Waals surface area contributed by atoms with Gasteiger partial charge in [-0.1, -0.05) is 42.5 Å². The summed E-state index contributed by atoms with van der Waals surface area (Å²) >= 11 is 1.52. The second-order valence-corrected chi connectivity index (χ2v) is 7.80. The summed E-state index contributed by atoms with van der Waals surface area (Å²) in [5.41, 5.74) is 5.55. The van der Waals surface area contributed by atoms with E-state index in [1.54, 1.807) is 20.4 Å². The van der Waals surface area contributed by atoms with Gasteiger partial charge in [0.15, 0.2) is 11.5 Å². The number of benzene rings is 3. The molecule has 1 amide bonds. The zero-order valence-electron chi connectivity index (χ0n) is 18.1. The van der Waals surface area contributed by atoms with Crippen molar-refractivity contribution in [1.82, 2.24) is 5.43 Å². The lowest BCUT2D eigenvalue weighted by molar-refractivity contribution is -0.118. The highest BCUT2D eigenvalue weighted by Crippen LogP contribution is 2.28. The first-order valence-electron chi connectivity index (χ1n) is 10.1. The normalized spacial score (nSPS) is 10.7. The molecular formula is C25H26N2O4S. The molecule has 7 heteroatoms. The Balaban J connectivity index is 1.44. The molecular weight excluding hydrogens is 424 g/mol. The summed E-state index contributed by atoms with van der Waals surface area (Å²) in [6.45, 7) is 0.453. The number of ether oxygens (including phenoxy) is 3. The lowest BCUT2D eigenvalue weighted by Crippen LogP contribution is -2.19. The highest BCUT2D eigenvalue weighted by molar-refractivity contribution is 7.99. The van der Waals surface area contributed by atoms with Crippen LogP contribution in [0, 0.1) is 0 Å². The zero-order chi connectivity index (χ0) is 22.6. The van der Waals surface area contributed by atoms with Crippen LogP contribution in [0.5, 0.6) is 17.2 Å². The maximum atomic E-state index is 12.0. The smallest absolute Gasteiger partial charge is 0.250 e.